The molecule has 110 valence electrons. The van der Waals surface area contributed by atoms with Gasteiger partial charge in [-0.25, -0.2) is 4.98 Å². The number of nitrogens with zero attached hydrogens (tertiary/aromatic N) is 2. The van der Waals surface area contributed by atoms with Crippen LogP contribution in [0.15, 0.2) is 41.5 Å². The summed E-state index contributed by atoms with van der Waals surface area (Å²) in [5, 5.41) is 3.22. The molecule has 0 saturated heterocycles. The lowest BCUT2D eigenvalue weighted by molar-refractivity contribution is -0.116. The number of hydrogen-bond acceptors (Lipinski definition) is 3. The molecule has 0 atom stereocenters. The molecule has 1 heterocycles. The van der Waals surface area contributed by atoms with Gasteiger partial charge in [-0.3, -0.25) is 14.2 Å². The fraction of sp³-hybridized carbons (Fsp3) is 0.267. The molecule has 0 unspecified atom stereocenters. The van der Waals surface area contributed by atoms with E-state index in [0.29, 0.717) is 16.4 Å². The molecule has 1 aromatic carbocycles. The number of nitrogens with one attached hydrogen (secondary N) is 1. The normalized spacial score (nSPS) is 10.7. The van der Waals surface area contributed by atoms with E-state index in [9.17, 15) is 9.59 Å². The molecule has 2 aromatic rings. The highest BCUT2D eigenvalue weighted by Gasteiger charge is 2.08. The topological polar surface area (TPSA) is 64.0 Å². The minimum absolute atomic E-state index is 0.0866. The summed E-state index contributed by atoms with van der Waals surface area (Å²) >= 11 is 5.84. The Morgan fingerprint density at radius 1 is 1.38 bits per heavy atom. The van der Waals surface area contributed by atoms with Gasteiger partial charge in [-0.1, -0.05) is 31.5 Å². The summed E-state index contributed by atoms with van der Waals surface area (Å²) in [7, 11) is 0. The molecule has 1 amide bonds. The lowest BCUT2D eigenvalue weighted by Gasteiger charge is -2.09. The SMILES string of the molecule is CC(C)c1cc(=O)n(CC(=O)Nc2cccc(Cl)c2)cn1. The van der Waals surface area contributed by atoms with E-state index in [4.69, 9.17) is 11.6 Å². The van der Waals surface area contributed by atoms with E-state index in [2.05, 4.69) is 10.3 Å². The van der Waals surface area contributed by atoms with Crippen molar-refractivity contribution in [3.63, 3.8) is 0 Å². The number of hydrogen-bond donors (Lipinski definition) is 1. The molecule has 1 aromatic heterocycles. The molecule has 0 aliphatic heterocycles. The highest BCUT2D eigenvalue weighted by Crippen LogP contribution is 2.14. The summed E-state index contributed by atoms with van der Waals surface area (Å²) in [5.41, 5.74) is 1.06. The van der Waals surface area contributed by atoms with Crippen molar-refractivity contribution < 1.29 is 4.79 Å². The maximum atomic E-state index is 11.9. The molecule has 2 rings (SSSR count). The first-order valence-corrected chi connectivity index (χ1v) is 6.95. The number of carbonyl (C=O) groups is 1. The second-order valence-electron chi connectivity index (χ2n) is 4.99. The Kier molecular flexibility index (Phi) is 4.75. The highest BCUT2D eigenvalue weighted by atomic mass is 35.5. The van der Waals surface area contributed by atoms with Gasteiger partial charge < -0.3 is 5.32 Å². The van der Waals surface area contributed by atoms with Gasteiger partial charge in [0.05, 0.1) is 12.0 Å². The van der Waals surface area contributed by atoms with Crippen LogP contribution in [0, 0.1) is 0 Å². The molecule has 0 radical (unpaired) electrons. The molecule has 0 bridgehead atoms. The second-order valence-corrected chi connectivity index (χ2v) is 5.43. The van der Waals surface area contributed by atoms with Crippen molar-refractivity contribution in [2.45, 2.75) is 26.3 Å². The van der Waals surface area contributed by atoms with E-state index < -0.39 is 0 Å². The smallest absolute Gasteiger partial charge is 0.254 e. The van der Waals surface area contributed by atoms with Gasteiger partial charge in [0.25, 0.3) is 5.56 Å². The van der Waals surface area contributed by atoms with Crippen LogP contribution in [-0.2, 0) is 11.3 Å². The van der Waals surface area contributed by atoms with Crippen LogP contribution in [0.25, 0.3) is 0 Å². The van der Waals surface area contributed by atoms with Crippen LogP contribution in [0.4, 0.5) is 5.69 Å². The van der Waals surface area contributed by atoms with Crippen molar-refractivity contribution in [2.75, 3.05) is 5.32 Å². The predicted molar refractivity (Wildman–Crippen MR) is 82.7 cm³/mol. The third kappa shape index (κ3) is 4.16. The zero-order valence-corrected chi connectivity index (χ0v) is 12.6. The van der Waals surface area contributed by atoms with Crippen LogP contribution in [0.3, 0.4) is 0 Å². The molecule has 0 aliphatic rings. The maximum absolute atomic E-state index is 11.9. The molecular formula is C15H16ClN3O2. The van der Waals surface area contributed by atoms with E-state index in [1.807, 2.05) is 13.8 Å². The van der Waals surface area contributed by atoms with Crippen molar-refractivity contribution in [3.8, 4) is 0 Å². The molecule has 6 heteroatoms. The number of rotatable bonds is 4. The van der Waals surface area contributed by atoms with E-state index >= 15 is 0 Å². The Balaban J connectivity index is 2.08. The summed E-state index contributed by atoms with van der Waals surface area (Å²) in [6.45, 7) is 3.83. The van der Waals surface area contributed by atoms with Gasteiger partial charge in [0, 0.05) is 16.8 Å². The van der Waals surface area contributed by atoms with Crippen molar-refractivity contribution in [2.24, 2.45) is 0 Å². The Morgan fingerprint density at radius 2 is 2.14 bits per heavy atom. The fourth-order valence-corrected chi connectivity index (χ4v) is 1.99. The number of amides is 1. The zero-order chi connectivity index (χ0) is 15.4. The van der Waals surface area contributed by atoms with Gasteiger partial charge in [-0.05, 0) is 24.1 Å². The lowest BCUT2D eigenvalue weighted by atomic mass is 10.1. The number of aromatic nitrogens is 2. The van der Waals surface area contributed by atoms with Gasteiger partial charge in [-0.2, -0.15) is 0 Å². The van der Waals surface area contributed by atoms with E-state index in [-0.39, 0.29) is 23.9 Å². The minimum atomic E-state index is -0.307. The summed E-state index contributed by atoms with van der Waals surface area (Å²) in [4.78, 5) is 28.0. The third-order valence-corrected chi connectivity index (χ3v) is 3.15. The molecule has 0 saturated carbocycles. The largest absolute Gasteiger partial charge is 0.324 e. The van der Waals surface area contributed by atoms with Crippen LogP contribution < -0.4 is 10.9 Å². The van der Waals surface area contributed by atoms with Crippen LogP contribution in [0.1, 0.15) is 25.5 Å². The average molecular weight is 306 g/mol. The highest BCUT2D eigenvalue weighted by molar-refractivity contribution is 6.30. The fourth-order valence-electron chi connectivity index (χ4n) is 1.80. The summed E-state index contributed by atoms with van der Waals surface area (Å²) in [6.07, 6.45) is 1.40. The first-order valence-electron chi connectivity index (χ1n) is 6.57. The van der Waals surface area contributed by atoms with Crippen LogP contribution in [0.2, 0.25) is 5.02 Å². The molecule has 21 heavy (non-hydrogen) atoms. The average Bonchev–Trinajstić information content (AvgIpc) is 2.40. The van der Waals surface area contributed by atoms with Crippen molar-refractivity contribution >= 4 is 23.2 Å². The van der Waals surface area contributed by atoms with Crippen LogP contribution >= 0.6 is 11.6 Å². The van der Waals surface area contributed by atoms with E-state index in [1.54, 1.807) is 24.3 Å². The van der Waals surface area contributed by atoms with Crippen molar-refractivity contribution in [1.29, 1.82) is 0 Å². The van der Waals surface area contributed by atoms with E-state index in [0.717, 1.165) is 0 Å². The van der Waals surface area contributed by atoms with Gasteiger partial charge in [0.15, 0.2) is 0 Å². The molecular weight excluding hydrogens is 290 g/mol. The second kappa shape index (κ2) is 6.54. The number of carbonyl (C=O) groups excluding carboxylic acids is 1. The van der Waals surface area contributed by atoms with Gasteiger partial charge >= 0.3 is 0 Å². The Bertz CT molecular complexity index is 710. The predicted octanol–water partition coefficient (Wildman–Crippen LogP) is 2.66. The number of halogens is 1. The summed E-state index contributed by atoms with van der Waals surface area (Å²) < 4.78 is 1.27. The van der Waals surface area contributed by atoms with Crippen molar-refractivity contribution in [3.05, 3.63) is 57.7 Å². The molecule has 1 N–H and O–H groups in total. The van der Waals surface area contributed by atoms with Crippen molar-refractivity contribution in [1.82, 2.24) is 9.55 Å². The Hall–Kier alpha value is -2.14. The molecule has 0 aliphatic carbocycles. The monoisotopic (exact) mass is 305 g/mol. The first-order chi connectivity index (χ1) is 9.95. The number of anilines is 1. The minimum Gasteiger partial charge on any atom is -0.324 e. The first kappa shape index (κ1) is 15.3. The number of benzene rings is 1. The standard InChI is InChI=1S/C15H16ClN3O2/c1-10(2)13-7-15(21)19(9-17-13)8-14(20)18-12-5-3-4-11(16)6-12/h3-7,9-10H,8H2,1-2H3,(H,18,20). The summed E-state index contributed by atoms with van der Waals surface area (Å²) in [6, 6.07) is 8.28. The lowest BCUT2D eigenvalue weighted by Crippen LogP contribution is -2.28. The van der Waals surface area contributed by atoms with Gasteiger partial charge in [0.2, 0.25) is 5.91 Å². The molecule has 0 spiro atoms. The molecule has 0 fully saturated rings. The summed E-state index contributed by atoms with van der Waals surface area (Å²) in [5.74, 6) is -0.133. The van der Waals surface area contributed by atoms with Gasteiger partial charge in [-0.15, -0.1) is 0 Å². The van der Waals surface area contributed by atoms with Crippen LogP contribution in [0.5, 0.6) is 0 Å². The third-order valence-electron chi connectivity index (χ3n) is 2.91. The Morgan fingerprint density at radius 3 is 2.76 bits per heavy atom. The zero-order valence-electron chi connectivity index (χ0n) is 11.8. The Labute approximate surface area is 127 Å². The maximum Gasteiger partial charge on any atom is 0.254 e. The van der Waals surface area contributed by atoms with E-state index in [1.165, 1.54) is 17.0 Å². The van der Waals surface area contributed by atoms with Gasteiger partial charge in [0.1, 0.15) is 6.54 Å². The quantitative estimate of drug-likeness (QED) is 0.944. The van der Waals surface area contributed by atoms with Crippen LogP contribution in [-0.4, -0.2) is 15.5 Å². The molecule has 5 nitrogen and oxygen atoms in total.